The largest absolute Gasteiger partial charge is 0.478 e. The molecule has 5 rings (SSSR count). The lowest BCUT2D eigenvalue weighted by Crippen LogP contribution is -2.22. The summed E-state index contributed by atoms with van der Waals surface area (Å²) in [5.74, 6) is -1.01. The van der Waals surface area contributed by atoms with E-state index in [1.54, 1.807) is 52.7 Å². The minimum Gasteiger partial charge on any atom is -0.478 e. The Labute approximate surface area is 207 Å². The third kappa shape index (κ3) is 3.78. The number of fused-ring (bicyclic) bond motifs is 2. The molecular formula is C27H26N6O3. The summed E-state index contributed by atoms with van der Waals surface area (Å²) < 4.78 is 3.29. The van der Waals surface area contributed by atoms with Gasteiger partial charge < -0.3 is 10.4 Å². The third-order valence-corrected chi connectivity index (χ3v) is 6.45. The van der Waals surface area contributed by atoms with Crippen LogP contribution in [0.15, 0.2) is 53.6 Å². The topological polar surface area (TPSA) is 114 Å². The van der Waals surface area contributed by atoms with E-state index in [4.69, 9.17) is 4.98 Å². The zero-order valence-corrected chi connectivity index (χ0v) is 20.7. The Hall–Kier alpha value is -4.53. The molecule has 182 valence electrons. The highest BCUT2D eigenvalue weighted by Gasteiger charge is 2.20. The number of para-hydroxylation sites is 1. The maximum Gasteiger partial charge on any atom is 0.337 e. The number of benzene rings is 1. The van der Waals surface area contributed by atoms with E-state index in [-0.39, 0.29) is 17.2 Å². The number of aromatic carboxylic acids is 1. The van der Waals surface area contributed by atoms with E-state index in [9.17, 15) is 14.7 Å². The summed E-state index contributed by atoms with van der Waals surface area (Å²) in [7, 11) is 1.85. The summed E-state index contributed by atoms with van der Waals surface area (Å²) >= 11 is 0. The van der Waals surface area contributed by atoms with Gasteiger partial charge in [0.1, 0.15) is 5.65 Å². The lowest BCUT2D eigenvalue weighted by molar-refractivity contribution is 0.0698. The Balaban J connectivity index is 1.69. The van der Waals surface area contributed by atoms with Gasteiger partial charge in [0.25, 0.3) is 5.56 Å². The molecule has 0 aliphatic heterocycles. The van der Waals surface area contributed by atoms with E-state index in [0.29, 0.717) is 22.6 Å². The van der Waals surface area contributed by atoms with E-state index in [1.807, 2.05) is 40.0 Å². The van der Waals surface area contributed by atoms with Crippen molar-refractivity contribution in [3.05, 3.63) is 87.1 Å². The number of carboxylic acids is 1. The summed E-state index contributed by atoms with van der Waals surface area (Å²) in [5, 5.41) is 18.2. The fraction of sp³-hybridized carbons (Fsp3) is 0.222. The van der Waals surface area contributed by atoms with Crippen LogP contribution in [-0.2, 0) is 7.05 Å². The van der Waals surface area contributed by atoms with Crippen molar-refractivity contribution in [2.75, 3.05) is 5.32 Å². The summed E-state index contributed by atoms with van der Waals surface area (Å²) in [6.07, 6.45) is 3.49. The average molecular weight is 483 g/mol. The van der Waals surface area contributed by atoms with Gasteiger partial charge in [-0.1, -0.05) is 12.1 Å². The Bertz CT molecular complexity index is 1730. The number of hydrogen-bond acceptors (Lipinski definition) is 6. The van der Waals surface area contributed by atoms with Crippen molar-refractivity contribution in [2.45, 2.75) is 33.7 Å². The van der Waals surface area contributed by atoms with Crippen molar-refractivity contribution in [3.8, 4) is 11.3 Å². The van der Waals surface area contributed by atoms with Gasteiger partial charge in [0.15, 0.2) is 5.65 Å². The number of rotatable bonds is 5. The minimum atomic E-state index is -1.01. The van der Waals surface area contributed by atoms with Gasteiger partial charge in [0, 0.05) is 47.2 Å². The average Bonchev–Trinajstić information content (AvgIpc) is 3.14. The van der Waals surface area contributed by atoms with Crippen LogP contribution in [0.5, 0.6) is 0 Å². The zero-order valence-electron chi connectivity index (χ0n) is 20.7. The highest BCUT2D eigenvalue weighted by atomic mass is 16.4. The van der Waals surface area contributed by atoms with Crippen molar-refractivity contribution in [2.24, 2.45) is 7.05 Å². The second kappa shape index (κ2) is 8.60. The smallest absolute Gasteiger partial charge is 0.337 e. The van der Waals surface area contributed by atoms with Crippen LogP contribution >= 0.6 is 0 Å². The number of aryl methyl sites for hydroxylation is 3. The fourth-order valence-electron chi connectivity index (χ4n) is 4.64. The Morgan fingerprint density at radius 3 is 2.61 bits per heavy atom. The molecule has 0 saturated heterocycles. The third-order valence-electron chi connectivity index (χ3n) is 6.45. The molecule has 0 spiro atoms. The van der Waals surface area contributed by atoms with Gasteiger partial charge in [-0.15, -0.1) is 0 Å². The second-order valence-electron chi connectivity index (χ2n) is 9.08. The number of carbonyl (C=O) groups is 1. The number of nitrogens with zero attached hydrogens (tertiary/aromatic N) is 5. The van der Waals surface area contributed by atoms with Gasteiger partial charge in [-0.2, -0.15) is 5.10 Å². The molecular weight excluding hydrogens is 456 g/mol. The lowest BCUT2D eigenvalue weighted by atomic mass is 10.0. The number of aromatic nitrogens is 5. The van der Waals surface area contributed by atoms with Crippen LogP contribution < -0.4 is 10.9 Å². The van der Waals surface area contributed by atoms with Crippen LogP contribution in [0, 0.1) is 20.8 Å². The SMILES string of the molecule is Cc1cc(C(C)Nc2ccccc2C(=O)O)c2nc(-c3cnc4c(c3)c(C)nn4C)c(C)c(=O)n2c1. The number of anilines is 1. The molecule has 0 fully saturated rings. The molecule has 4 aromatic heterocycles. The Morgan fingerprint density at radius 2 is 1.86 bits per heavy atom. The maximum atomic E-state index is 13.5. The molecule has 0 saturated carbocycles. The lowest BCUT2D eigenvalue weighted by Gasteiger charge is -2.20. The van der Waals surface area contributed by atoms with Gasteiger partial charge >= 0.3 is 5.97 Å². The quantitative estimate of drug-likeness (QED) is 0.381. The normalized spacial score (nSPS) is 12.2. The summed E-state index contributed by atoms with van der Waals surface area (Å²) in [5.41, 5.74) is 6.10. The standard InChI is InChI=1S/C27H26N6O3/c1-14-10-20(16(3)29-22-9-7-6-8-19(22)27(35)36)25-30-23(15(2)26(34)33(25)13-14)18-11-21-17(4)31-32(5)24(21)28-12-18/h6-13,16,29H,1-5H3,(H,35,36). The number of hydrogen-bond donors (Lipinski definition) is 2. The van der Waals surface area contributed by atoms with E-state index in [2.05, 4.69) is 15.4 Å². The first-order valence-corrected chi connectivity index (χ1v) is 11.6. The highest BCUT2D eigenvalue weighted by Crippen LogP contribution is 2.29. The molecule has 9 nitrogen and oxygen atoms in total. The Kier molecular flexibility index (Phi) is 5.55. The monoisotopic (exact) mass is 482 g/mol. The van der Waals surface area contributed by atoms with Gasteiger partial charge in [-0.3, -0.25) is 13.9 Å². The molecule has 0 radical (unpaired) electrons. The van der Waals surface area contributed by atoms with Crippen LogP contribution in [0.1, 0.15) is 45.7 Å². The van der Waals surface area contributed by atoms with Crippen LogP contribution in [-0.4, -0.2) is 35.2 Å². The summed E-state index contributed by atoms with van der Waals surface area (Å²) in [6, 6.07) is 10.4. The molecule has 5 aromatic rings. The molecule has 0 bridgehead atoms. The molecule has 2 N–H and O–H groups in total. The van der Waals surface area contributed by atoms with Crippen molar-refractivity contribution in [1.29, 1.82) is 0 Å². The first kappa shape index (κ1) is 23.2. The number of pyridine rings is 2. The van der Waals surface area contributed by atoms with Crippen molar-refractivity contribution in [3.63, 3.8) is 0 Å². The van der Waals surface area contributed by atoms with Crippen LogP contribution in [0.25, 0.3) is 27.9 Å². The Morgan fingerprint density at radius 1 is 1.11 bits per heavy atom. The first-order valence-electron chi connectivity index (χ1n) is 11.6. The van der Waals surface area contributed by atoms with E-state index < -0.39 is 5.97 Å². The fourth-order valence-corrected chi connectivity index (χ4v) is 4.64. The summed E-state index contributed by atoms with van der Waals surface area (Å²) in [4.78, 5) is 34.7. The zero-order chi connectivity index (χ0) is 25.7. The van der Waals surface area contributed by atoms with Gasteiger partial charge in [0.2, 0.25) is 0 Å². The van der Waals surface area contributed by atoms with Gasteiger partial charge in [0.05, 0.1) is 23.0 Å². The van der Waals surface area contributed by atoms with E-state index >= 15 is 0 Å². The molecule has 4 heterocycles. The minimum absolute atomic E-state index is 0.166. The van der Waals surface area contributed by atoms with Gasteiger partial charge in [-0.05, 0) is 57.5 Å². The molecule has 36 heavy (non-hydrogen) atoms. The molecule has 1 atom stereocenters. The van der Waals surface area contributed by atoms with Gasteiger partial charge in [-0.25, -0.2) is 14.8 Å². The molecule has 1 aromatic carbocycles. The predicted octanol–water partition coefficient (Wildman–Crippen LogP) is 4.44. The molecule has 0 aliphatic rings. The van der Waals surface area contributed by atoms with Crippen LogP contribution in [0.4, 0.5) is 5.69 Å². The summed E-state index contributed by atoms with van der Waals surface area (Å²) in [6.45, 7) is 7.53. The first-order chi connectivity index (χ1) is 17.2. The van der Waals surface area contributed by atoms with Crippen molar-refractivity contribution in [1.82, 2.24) is 24.1 Å². The van der Waals surface area contributed by atoms with Crippen molar-refractivity contribution < 1.29 is 9.90 Å². The van der Waals surface area contributed by atoms with Crippen LogP contribution in [0.2, 0.25) is 0 Å². The van der Waals surface area contributed by atoms with E-state index in [1.165, 1.54) is 0 Å². The predicted molar refractivity (Wildman–Crippen MR) is 139 cm³/mol. The molecule has 0 amide bonds. The molecule has 0 aliphatic carbocycles. The number of nitrogens with one attached hydrogen (secondary N) is 1. The second-order valence-corrected chi connectivity index (χ2v) is 9.08. The molecule has 9 heteroatoms. The van der Waals surface area contributed by atoms with Crippen LogP contribution in [0.3, 0.4) is 0 Å². The molecule has 1 unspecified atom stereocenters. The van der Waals surface area contributed by atoms with Crippen molar-refractivity contribution >= 4 is 28.3 Å². The highest BCUT2D eigenvalue weighted by molar-refractivity contribution is 5.94. The maximum absolute atomic E-state index is 13.5. The van der Waals surface area contributed by atoms with E-state index in [0.717, 1.165) is 33.4 Å². The number of carboxylic acid groups (broad SMARTS) is 1.